The van der Waals surface area contributed by atoms with Crippen LogP contribution < -0.4 is 4.74 Å². The minimum atomic E-state index is -5.09. The number of alkyl halides is 3. The second kappa shape index (κ2) is 11.0. The Morgan fingerprint density at radius 2 is 1.53 bits per heavy atom. The summed E-state index contributed by atoms with van der Waals surface area (Å²) < 4.78 is 44.9. The van der Waals surface area contributed by atoms with Crippen molar-refractivity contribution in [2.24, 2.45) is 5.16 Å². The van der Waals surface area contributed by atoms with Gasteiger partial charge in [0.25, 0.3) is 5.75 Å². The average Bonchev–Trinajstić information content (AvgIpc) is 2.78. The van der Waals surface area contributed by atoms with Crippen LogP contribution in [0.1, 0.15) is 16.7 Å². The van der Waals surface area contributed by atoms with Crippen molar-refractivity contribution in [3.63, 3.8) is 0 Å². The molecule has 0 radical (unpaired) electrons. The van der Waals surface area contributed by atoms with Crippen molar-refractivity contribution in [3.05, 3.63) is 101 Å². The Bertz CT molecular complexity index is 1330. The Balaban J connectivity index is 2.03. The molecule has 0 N–H and O–H groups in total. The van der Waals surface area contributed by atoms with Crippen LogP contribution in [0.25, 0.3) is 0 Å². The Hall–Kier alpha value is -3.61. The van der Waals surface area contributed by atoms with Crippen LogP contribution in [-0.2, 0) is 17.6 Å². The third-order valence-electron chi connectivity index (χ3n) is 4.46. The molecule has 3 rings (SSSR count). The molecular weight excluding hydrogens is 554 g/mol. The molecule has 0 saturated carbocycles. The number of halogens is 6. The molecule has 3 aromatic rings. The summed E-state index contributed by atoms with van der Waals surface area (Å²) in [7, 11) is 0. The Morgan fingerprint density at radius 1 is 0.917 bits per heavy atom. The van der Waals surface area contributed by atoms with Crippen LogP contribution >= 0.6 is 34.8 Å². The zero-order chi connectivity index (χ0) is 26.6. The monoisotopic (exact) mass is 563 g/mol. The SMILES string of the molecule is O=[N+]([O-])c1cc(C(F)(F)F)cc([N+](=O)[O-])c1Oc1c(Cl)cc(Cl)cc1/C=N/OCc1ccccc1Cl. The zero-order valence-electron chi connectivity index (χ0n) is 17.5. The summed E-state index contributed by atoms with van der Waals surface area (Å²) in [6.45, 7) is -0.0451. The van der Waals surface area contributed by atoms with E-state index in [1.54, 1.807) is 24.3 Å². The summed E-state index contributed by atoms with van der Waals surface area (Å²) in [6, 6.07) is 9.39. The Morgan fingerprint density at radius 3 is 2.08 bits per heavy atom. The Kier molecular flexibility index (Phi) is 8.23. The molecule has 9 nitrogen and oxygen atoms in total. The van der Waals surface area contributed by atoms with Gasteiger partial charge in [-0.1, -0.05) is 58.2 Å². The summed E-state index contributed by atoms with van der Waals surface area (Å²) in [5.74, 6) is -1.48. The van der Waals surface area contributed by atoms with Crippen molar-refractivity contribution >= 4 is 52.4 Å². The third-order valence-corrected chi connectivity index (χ3v) is 5.32. The van der Waals surface area contributed by atoms with Crippen molar-refractivity contribution < 1.29 is 32.6 Å². The lowest BCUT2D eigenvalue weighted by Crippen LogP contribution is -2.08. The Labute approximate surface area is 214 Å². The first kappa shape index (κ1) is 27.0. The smallest absolute Gasteiger partial charge is 0.416 e. The summed E-state index contributed by atoms with van der Waals surface area (Å²) in [4.78, 5) is 25.6. The summed E-state index contributed by atoms with van der Waals surface area (Å²) in [5.41, 5.74) is -3.66. The van der Waals surface area contributed by atoms with Gasteiger partial charge in [-0.05, 0) is 18.2 Å². The number of nitro benzene ring substituents is 2. The lowest BCUT2D eigenvalue weighted by molar-refractivity contribution is -0.396. The molecule has 0 spiro atoms. The third kappa shape index (κ3) is 6.33. The molecule has 0 unspecified atom stereocenters. The maximum Gasteiger partial charge on any atom is 0.416 e. The molecule has 0 amide bonds. The molecule has 0 aliphatic carbocycles. The molecule has 0 bridgehead atoms. The van der Waals surface area contributed by atoms with Gasteiger partial charge < -0.3 is 9.57 Å². The normalized spacial score (nSPS) is 11.5. The van der Waals surface area contributed by atoms with Gasteiger partial charge in [0.15, 0.2) is 5.75 Å². The van der Waals surface area contributed by atoms with Crippen LogP contribution in [0.4, 0.5) is 24.5 Å². The first-order valence-electron chi connectivity index (χ1n) is 9.48. The number of nitrogens with zero attached hydrogens (tertiary/aromatic N) is 3. The van der Waals surface area contributed by atoms with E-state index in [2.05, 4.69) is 5.16 Å². The fourth-order valence-electron chi connectivity index (χ4n) is 2.84. The largest absolute Gasteiger partial charge is 0.442 e. The van der Waals surface area contributed by atoms with E-state index >= 15 is 0 Å². The fourth-order valence-corrected chi connectivity index (χ4v) is 3.58. The lowest BCUT2D eigenvalue weighted by atomic mass is 10.1. The van der Waals surface area contributed by atoms with Crippen molar-refractivity contribution in [3.8, 4) is 11.5 Å². The fraction of sp³-hybridized carbons (Fsp3) is 0.0952. The van der Waals surface area contributed by atoms with Crippen molar-refractivity contribution in [2.45, 2.75) is 12.8 Å². The standard InChI is InChI=1S/C21H11Cl3F3N3O6/c22-14-5-12(9-28-35-10-11-3-1-2-4-15(11)23)19(16(24)8-14)36-20-17(29(31)32)6-13(21(25,26)27)7-18(20)30(33)34/h1-9H,10H2/b28-9+. The number of hydrogen-bond donors (Lipinski definition) is 0. The van der Waals surface area contributed by atoms with Gasteiger partial charge in [0.1, 0.15) is 6.61 Å². The predicted octanol–water partition coefficient (Wildman–Crippen LogP) is 7.83. The van der Waals surface area contributed by atoms with Crippen LogP contribution in [0.5, 0.6) is 11.5 Å². The minimum Gasteiger partial charge on any atom is -0.442 e. The van der Waals surface area contributed by atoms with Gasteiger partial charge in [-0.25, -0.2) is 0 Å². The zero-order valence-corrected chi connectivity index (χ0v) is 19.7. The molecule has 0 fully saturated rings. The highest BCUT2D eigenvalue weighted by Gasteiger charge is 2.39. The number of ether oxygens (including phenoxy) is 1. The quantitative estimate of drug-likeness (QED) is 0.156. The summed E-state index contributed by atoms with van der Waals surface area (Å²) in [6.07, 6.45) is -4.05. The second-order valence-corrected chi connectivity index (χ2v) is 8.11. The number of rotatable bonds is 8. The van der Waals surface area contributed by atoms with Crippen LogP contribution in [0.15, 0.2) is 53.7 Å². The lowest BCUT2D eigenvalue weighted by Gasteiger charge is -2.13. The molecule has 36 heavy (non-hydrogen) atoms. The van der Waals surface area contributed by atoms with Gasteiger partial charge >= 0.3 is 17.6 Å². The van der Waals surface area contributed by atoms with E-state index in [1.807, 2.05) is 0 Å². The molecule has 0 aliphatic rings. The maximum absolute atomic E-state index is 13.2. The molecule has 0 heterocycles. The van der Waals surface area contributed by atoms with Gasteiger partial charge in [0.2, 0.25) is 0 Å². The first-order valence-corrected chi connectivity index (χ1v) is 10.6. The van der Waals surface area contributed by atoms with E-state index in [1.165, 1.54) is 6.07 Å². The number of benzene rings is 3. The van der Waals surface area contributed by atoms with Crippen molar-refractivity contribution in [1.82, 2.24) is 0 Å². The van der Waals surface area contributed by atoms with E-state index in [-0.39, 0.29) is 34.3 Å². The van der Waals surface area contributed by atoms with Gasteiger partial charge in [-0.3, -0.25) is 20.2 Å². The van der Waals surface area contributed by atoms with Crippen LogP contribution in [-0.4, -0.2) is 16.1 Å². The number of nitro groups is 2. The van der Waals surface area contributed by atoms with Crippen LogP contribution in [0.2, 0.25) is 15.1 Å². The summed E-state index contributed by atoms with van der Waals surface area (Å²) >= 11 is 18.2. The molecular formula is C21H11Cl3F3N3O6. The molecule has 0 aromatic heterocycles. The van der Waals surface area contributed by atoms with Gasteiger partial charge in [0, 0.05) is 33.3 Å². The predicted molar refractivity (Wildman–Crippen MR) is 125 cm³/mol. The first-order chi connectivity index (χ1) is 16.9. The average molecular weight is 565 g/mol. The number of hydrogen-bond acceptors (Lipinski definition) is 7. The highest BCUT2D eigenvalue weighted by molar-refractivity contribution is 6.36. The highest BCUT2D eigenvalue weighted by Crippen LogP contribution is 2.46. The molecule has 3 aromatic carbocycles. The highest BCUT2D eigenvalue weighted by atomic mass is 35.5. The van der Waals surface area contributed by atoms with E-state index < -0.39 is 44.5 Å². The van der Waals surface area contributed by atoms with Crippen molar-refractivity contribution in [2.75, 3.05) is 0 Å². The van der Waals surface area contributed by atoms with Gasteiger partial charge in [0.05, 0.1) is 26.6 Å². The van der Waals surface area contributed by atoms with Crippen LogP contribution in [0.3, 0.4) is 0 Å². The number of oxime groups is 1. The van der Waals surface area contributed by atoms with E-state index in [9.17, 15) is 33.4 Å². The van der Waals surface area contributed by atoms with E-state index in [0.717, 1.165) is 12.3 Å². The van der Waals surface area contributed by atoms with E-state index in [0.29, 0.717) is 10.6 Å². The van der Waals surface area contributed by atoms with Gasteiger partial charge in [-0.15, -0.1) is 0 Å². The molecule has 0 atom stereocenters. The molecule has 0 saturated heterocycles. The van der Waals surface area contributed by atoms with Gasteiger partial charge in [-0.2, -0.15) is 13.2 Å². The minimum absolute atomic E-state index is 0.0451. The summed E-state index contributed by atoms with van der Waals surface area (Å²) in [5, 5.41) is 26.9. The molecule has 0 aliphatic heterocycles. The van der Waals surface area contributed by atoms with E-state index in [4.69, 9.17) is 44.4 Å². The molecule has 188 valence electrons. The van der Waals surface area contributed by atoms with Crippen LogP contribution in [0, 0.1) is 20.2 Å². The molecule has 15 heteroatoms. The van der Waals surface area contributed by atoms with Crippen molar-refractivity contribution in [1.29, 1.82) is 0 Å². The topological polar surface area (TPSA) is 117 Å². The second-order valence-electron chi connectivity index (χ2n) is 6.86. The maximum atomic E-state index is 13.2.